The van der Waals surface area contributed by atoms with E-state index in [0.29, 0.717) is 18.0 Å². The summed E-state index contributed by atoms with van der Waals surface area (Å²) in [5.41, 5.74) is 6.98. The van der Waals surface area contributed by atoms with E-state index >= 15 is 0 Å². The summed E-state index contributed by atoms with van der Waals surface area (Å²) in [6, 6.07) is 9.09. The second kappa shape index (κ2) is 6.51. The summed E-state index contributed by atoms with van der Waals surface area (Å²) in [5.74, 6) is 1.29. The largest absolute Gasteiger partial charge is 0.493 e. The lowest BCUT2D eigenvalue weighted by Gasteiger charge is -2.45. The number of carbonyl (C=O) groups is 1. The molecule has 0 radical (unpaired) electrons. The van der Waals surface area contributed by atoms with Gasteiger partial charge in [0.2, 0.25) is 5.91 Å². The van der Waals surface area contributed by atoms with Gasteiger partial charge in [0, 0.05) is 11.4 Å². The quantitative estimate of drug-likeness (QED) is 0.788. The Morgan fingerprint density at radius 2 is 1.96 bits per heavy atom. The zero-order valence-electron chi connectivity index (χ0n) is 12.8. The van der Waals surface area contributed by atoms with E-state index in [4.69, 9.17) is 15.2 Å². The highest BCUT2D eigenvalue weighted by Gasteiger charge is 2.46. The van der Waals surface area contributed by atoms with Gasteiger partial charge in [0.15, 0.2) is 11.5 Å². The standard InChI is InChI=1S/C16H17BrN2O3S/c1-21-10-4-3-9(7-11(10)22-2)8-19-15(14(18)16(19)20)12-5-6-13(17)23-12/h3-7,14-15H,8,18H2,1-2H3/t14-,15-/m0/s1. The Morgan fingerprint density at radius 1 is 1.22 bits per heavy atom. The van der Waals surface area contributed by atoms with Crippen LogP contribution in [-0.2, 0) is 11.3 Å². The molecule has 3 rings (SSSR count). The summed E-state index contributed by atoms with van der Waals surface area (Å²) in [7, 11) is 3.19. The highest BCUT2D eigenvalue weighted by atomic mass is 79.9. The lowest BCUT2D eigenvalue weighted by atomic mass is 9.93. The molecule has 1 aliphatic heterocycles. The van der Waals surface area contributed by atoms with Crippen molar-refractivity contribution in [3.8, 4) is 11.5 Å². The number of carbonyl (C=O) groups excluding carboxylic acids is 1. The fourth-order valence-corrected chi connectivity index (χ4v) is 4.33. The van der Waals surface area contributed by atoms with Crippen LogP contribution in [0.4, 0.5) is 0 Å². The van der Waals surface area contributed by atoms with Gasteiger partial charge in [0.1, 0.15) is 6.04 Å². The number of amides is 1. The van der Waals surface area contributed by atoms with E-state index in [0.717, 1.165) is 14.2 Å². The fraction of sp³-hybridized carbons (Fsp3) is 0.312. The second-order valence-corrected chi connectivity index (χ2v) is 7.76. The van der Waals surface area contributed by atoms with Crippen molar-refractivity contribution >= 4 is 33.2 Å². The molecule has 1 aromatic heterocycles. The number of β-lactam (4-membered cyclic amide) rings is 1. The van der Waals surface area contributed by atoms with Crippen LogP contribution in [0.1, 0.15) is 16.5 Å². The number of likely N-dealkylation sites (tertiary alicyclic amines) is 1. The van der Waals surface area contributed by atoms with Crippen LogP contribution in [-0.4, -0.2) is 31.1 Å². The van der Waals surface area contributed by atoms with Crippen molar-refractivity contribution in [1.29, 1.82) is 0 Å². The normalized spacial score (nSPS) is 20.3. The smallest absolute Gasteiger partial charge is 0.242 e. The number of thiophene rings is 1. The van der Waals surface area contributed by atoms with Crippen LogP contribution < -0.4 is 15.2 Å². The molecular weight excluding hydrogens is 380 g/mol. The molecule has 0 unspecified atom stereocenters. The predicted molar refractivity (Wildman–Crippen MR) is 92.8 cm³/mol. The Balaban J connectivity index is 1.82. The van der Waals surface area contributed by atoms with Gasteiger partial charge in [-0.1, -0.05) is 6.07 Å². The molecule has 0 aliphatic carbocycles. The van der Waals surface area contributed by atoms with Crippen LogP contribution in [0.5, 0.6) is 11.5 Å². The third-order valence-corrected chi connectivity index (χ3v) is 5.62. The molecule has 1 aliphatic rings. The van der Waals surface area contributed by atoms with Gasteiger partial charge in [-0.2, -0.15) is 0 Å². The fourth-order valence-electron chi connectivity index (χ4n) is 2.75. The number of hydrogen-bond acceptors (Lipinski definition) is 5. The molecule has 122 valence electrons. The number of rotatable bonds is 5. The monoisotopic (exact) mass is 396 g/mol. The summed E-state index contributed by atoms with van der Waals surface area (Å²) < 4.78 is 11.6. The molecule has 7 heteroatoms. The Morgan fingerprint density at radius 3 is 2.57 bits per heavy atom. The summed E-state index contributed by atoms with van der Waals surface area (Å²) in [6.07, 6.45) is 0. The number of nitrogens with zero attached hydrogens (tertiary/aromatic N) is 1. The second-order valence-electron chi connectivity index (χ2n) is 5.27. The number of benzene rings is 1. The van der Waals surface area contributed by atoms with Gasteiger partial charge in [-0.05, 0) is 45.8 Å². The Bertz CT molecular complexity index is 734. The highest BCUT2D eigenvalue weighted by Crippen LogP contribution is 2.40. The maximum atomic E-state index is 12.2. The highest BCUT2D eigenvalue weighted by molar-refractivity contribution is 9.11. The number of hydrogen-bond donors (Lipinski definition) is 1. The van der Waals surface area contributed by atoms with Gasteiger partial charge in [0.25, 0.3) is 0 Å². The molecule has 2 N–H and O–H groups in total. The Kier molecular flexibility index (Phi) is 4.61. The van der Waals surface area contributed by atoms with Crippen LogP contribution in [0.25, 0.3) is 0 Å². The molecule has 1 fully saturated rings. The molecule has 5 nitrogen and oxygen atoms in total. The molecule has 0 saturated carbocycles. The minimum atomic E-state index is -0.472. The molecule has 0 spiro atoms. The van der Waals surface area contributed by atoms with E-state index < -0.39 is 6.04 Å². The van der Waals surface area contributed by atoms with Gasteiger partial charge in [-0.25, -0.2) is 0 Å². The maximum absolute atomic E-state index is 12.2. The molecule has 1 amide bonds. The van der Waals surface area contributed by atoms with Gasteiger partial charge < -0.3 is 20.1 Å². The molecule has 2 atom stereocenters. The van der Waals surface area contributed by atoms with Crippen molar-refractivity contribution in [2.24, 2.45) is 5.73 Å². The number of halogens is 1. The average molecular weight is 397 g/mol. The van der Waals surface area contributed by atoms with Crippen LogP contribution in [0.3, 0.4) is 0 Å². The lowest BCUT2D eigenvalue weighted by molar-refractivity contribution is -0.150. The van der Waals surface area contributed by atoms with E-state index in [-0.39, 0.29) is 11.9 Å². The lowest BCUT2D eigenvalue weighted by Crippen LogP contribution is -2.62. The first-order chi connectivity index (χ1) is 11.0. The molecule has 2 aromatic rings. The van der Waals surface area contributed by atoms with Crippen LogP contribution >= 0.6 is 27.3 Å². The molecule has 1 saturated heterocycles. The maximum Gasteiger partial charge on any atom is 0.242 e. The van der Waals surface area contributed by atoms with Crippen molar-refractivity contribution in [2.45, 2.75) is 18.6 Å². The first kappa shape index (κ1) is 16.3. The summed E-state index contributed by atoms with van der Waals surface area (Å²) >= 11 is 5.06. The van der Waals surface area contributed by atoms with Crippen molar-refractivity contribution < 1.29 is 14.3 Å². The number of methoxy groups -OCH3 is 2. The third kappa shape index (κ3) is 2.96. The number of ether oxygens (including phenoxy) is 2. The van der Waals surface area contributed by atoms with Crippen molar-refractivity contribution in [3.05, 3.63) is 44.6 Å². The zero-order valence-corrected chi connectivity index (χ0v) is 15.2. The van der Waals surface area contributed by atoms with Gasteiger partial charge in [-0.15, -0.1) is 11.3 Å². The van der Waals surface area contributed by atoms with Crippen molar-refractivity contribution in [1.82, 2.24) is 4.90 Å². The minimum absolute atomic E-state index is 0.0330. The van der Waals surface area contributed by atoms with Gasteiger partial charge in [-0.3, -0.25) is 4.79 Å². The van der Waals surface area contributed by atoms with Crippen LogP contribution in [0.15, 0.2) is 34.1 Å². The van der Waals surface area contributed by atoms with Gasteiger partial charge in [0.05, 0.1) is 24.0 Å². The molecular formula is C16H17BrN2O3S. The molecule has 2 heterocycles. The van der Waals surface area contributed by atoms with E-state index in [9.17, 15) is 4.79 Å². The average Bonchev–Trinajstić information content (AvgIpc) is 2.99. The van der Waals surface area contributed by atoms with E-state index in [1.165, 1.54) is 0 Å². The van der Waals surface area contributed by atoms with Crippen molar-refractivity contribution in [2.75, 3.05) is 14.2 Å². The minimum Gasteiger partial charge on any atom is -0.493 e. The molecule has 0 bridgehead atoms. The summed E-state index contributed by atoms with van der Waals surface area (Å²) in [4.78, 5) is 15.1. The summed E-state index contributed by atoms with van der Waals surface area (Å²) in [6.45, 7) is 0.493. The summed E-state index contributed by atoms with van der Waals surface area (Å²) in [5, 5.41) is 0. The topological polar surface area (TPSA) is 64.8 Å². The van der Waals surface area contributed by atoms with Crippen molar-refractivity contribution in [3.63, 3.8) is 0 Å². The van der Waals surface area contributed by atoms with E-state index in [1.54, 1.807) is 30.5 Å². The van der Waals surface area contributed by atoms with E-state index in [1.807, 2.05) is 30.3 Å². The van der Waals surface area contributed by atoms with Gasteiger partial charge >= 0.3 is 0 Å². The Hall–Kier alpha value is -1.57. The zero-order chi connectivity index (χ0) is 16.6. The molecule has 23 heavy (non-hydrogen) atoms. The van der Waals surface area contributed by atoms with Crippen LogP contribution in [0.2, 0.25) is 0 Å². The van der Waals surface area contributed by atoms with Crippen LogP contribution in [0, 0.1) is 0 Å². The Labute approximate surface area is 147 Å². The third-order valence-electron chi connectivity index (χ3n) is 3.93. The first-order valence-corrected chi connectivity index (χ1v) is 8.68. The molecule has 1 aromatic carbocycles. The predicted octanol–water partition coefficient (Wildman–Crippen LogP) is 2.94. The SMILES string of the molecule is COc1ccc(CN2C(=O)[C@@H](N)[C@@H]2c2ccc(Br)s2)cc1OC. The van der Waals surface area contributed by atoms with E-state index in [2.05, 4.69) is 15.9 Å². The first-order valence-electron chi connectivity index (χ1n) is 7.07. The number of nitrogens with two attached hydrogens (primary N) is 1.